The predicted molar refractivity (Wildman–Crippen MR) is 119 cm³/mol. The molecule has 1 heterocycles. The smallest absolute Gasteiger partial charge is 0.228 e. The highest BCUT2D eigenvalue weighted by Gasteiger charge is 2.20. The molecule has 0 radical (unpaired) electrons. The molecule has 2 amide bonds. The summed E-state index contributed by atoms with van der Waals surface area (Å²) in [5.74, 6) is 1.78. The van der Waals surface area contributed by atoms with Crippen LogP contribution in [-0.2, 0) is 9.59 Å². The van der Waals surface area contributed by atoms with E-state index in [1.807, 2.05) is 18.2 Å². The van der Waals surface area contributed by atoms with Gasteiger partial charge in [-0.25, -0.2) is 4.98 Å². The lowest BCUT2D eigenvalue weighted by Crippen LogP contribution is -2.30. The van der Waals surface area contributed by atoms with E-state index in [0.29, 0.717) is 29.8 Å². The van der Waals surface area contributed by atoms with Gasteiger partial charge >= 0.3 is 0 Å². The van der Waals surface area contributed by atoms with E-state index in [0.717, 1.165) is 5.56 Å². The number of carbonyl (C=O) groups is 2. The Morgan fingerprint density at radius 1 is 1.13 bits per heavy atom. The van der Waals surface area contributed by atoms with E-state index in [1.54, 1.807) is 31.5 Å². The second-order valence-electron chi connectivity index (χ2n) is 7.94. The molecule has 166 valence electrons. The number of methoxy groups -OCH3 is 1. The van der Waals surface area contributed by atoms with Crippen molar-refractivity contribution >= 4 is 17.6 Å². The molecule has 2 aromatic rings. The van der Waals surface area contributed by atoms with Crippen molar-refractivity contribution in [1.82, 2.24) is 10.3 Å². The second kappa shape index (κ2) is 11.3. The van der Waals surface area contributed by atoms with Crippen molar-refractivity contribution in [2.75, 3.05) is 19.0 Å². The Morgan fingerprint density at radius 3 is 2.55 bits per heavy atom. The minimum atomic E-state index is -0.460. The molecule has 1 fully saturated rings. The number of rotatable bonds is 9. The zero-order valence-corrected chi connectivity index (χ0v) is 18.2. The Labute approximate surface area is 183 Å². The van der Waals surface area contributed by atoms with Gasteiger partial charge < -0.3 is 20.1 Å². The molecule has 1 aliphatic carbocycles. The average molecular weight is 426 g/mol. The average Bonchev–Trinajstić information content (AvgIpc) is 2.78. The summed E-state index contributed by atoms with van der Waals surface area (Å²) in [6, 6.07) is 10.4. The molecule has 1 aromatic carbocycles. The maximum Gasteiger partial charge on any atom is 0.228 e. The van der Waals surface area contributed by atoms with Gasteiger partial charge in [0.15, 0.2) is 11.6 Å². The minimum Gasteiger partial charge on any atom is -0.497 e. The first kappa shape index (κ1) is 22.6. The third-order valence-corrected chi connectivity index (χ3v) is 5.51. The third kappa shape index (κ3) is 6.98. The summed E-state index contributed by atoms with van der Waals surface area (Å²) >= 11 is 0. The monoisotopic (exact) mass is 425 g/mol. The van der Waals surface area contributed by atoms with Gasteiger partial charge in [-0.3, -0.25) is 9.59 Å². The van der Waals surface area contributed by atoms with Gasteiger partial charge in [-0.15, -0.1) is 0 Å². The lowest BCUT2D eigenvalue weighted by atomic mass is 9.90. The number of nitrogens with zero attached hydrogens (tertiary/aromatic N) is 1. The van der Waals surface area contributed by atoms with Crippen LogP contribution in [0.2, 0.25) is 0 Å². The number of benzene rings is 1. The summed E-state index contributed by atoms with van der Waals surface area (Å²) in [5, 5.41) is 5.68. The second-order valence-corrected chi connectivity index (χ2v) is 7.94. The molecule has 31 heavy (non-hydrogen) atoms. The molecule has 2 N–H and O–H groups in total. The normalized spacial score (nSPS) is 15.0. The number of amides is 2. The Morgan fingerprint density at radius 2 is 1.87 bits per heavy atom. The maximum absolute atomic E-state index is 12.8. The van der Waals surface area contributed by atoms with E-state index in [2.05, 4.69) is 15.6 Å². The summed E-state index contributed by atoms with van der Waals surface area (Å²) in [7, 11) is 1.59. The van der Waals surface area contributed by atoms with Gasteiger partial charge in [-0.05, 0) is 48.6 Å². The molecule has 1 unspecified atom stereocenters. The fourth-order valence-electron chi connectivity index (χ4n) is 3.86. The van der Waals surface area contributed by atoms with Gasteiger partial charge in [0.25, 0.3) is 0 Å². The van der Waals surface area contributed by atoms with Crippen LogP contribution in [0.3, 0.4) is 0 Å². The van der Waals surface area contributed by atoms with Crippen LogP contribution in [0.4, 0.5) is 5.82 Å². The highest BCUT2D eigenvalue weighted by atomic mass is 16.5. The number of nitrogens with one attached hydrogen (secondary N) is 2. The molecule has 7 heteroatoms. The van der Waals surface area contributed by atoms with Crippen molar-refractivity contribution in [1.29, 1.82) is 0 Å². The largest absolute Gasteiger partial charge is 0.497 e. The van der Waals surface area contributed by atoms with Crippen LogP contribution in [0, 0.1) is 5.92 Å². The van der Waals surface area contributed by atoms with Crippen molar-refractivity contribution in [3.8, 4) is 11.5 Å². The van der Waals surface area contributed by atoms with E-state index >= 15 is 0 Å². The molecule has 0 bridgehead atoms. The lowest BCUT2D eigenvalue weighted by Gasteiger charge is -2.22. The number of ether oxygens (including phenoxy) is 2. The first-order chi connectivity index (χ1) is 15.0. The summed E-state index contributed by atoms with van der Waals surface area (Å²) in [5.41, 5.74) is 0.820. The van der Waals surface area contributed by atoms with Crippen LogP contribution >= 0.6 is 0 Å². The Balaban J connectivity index is 1.64. The zero-order chi connectivity index (χ0) is 22.1. The summed E-state index contributed by atoms with van der Waals surface area (Å²) in [4.78, 5) is 28.7. The van der Waals surface area contributed by atoms with E-state index in [-0.39, 0.29) is 18.2 Å². The summed E-state index contributed by atoms with van der Waals surface area (Å²) in [6.45, 7) is 2.07. The number of hydrogen-bond donors (Lipinski definition) is 2. The Bertz CT molecular complexity index is 863. The third-order valence-electron chi connectivity index (χ3n) is 5.51. The van der Waals surface area contributed by atoms with Crippen LogP contribution in [0.1, 0.15) is 57.1 Å². The van der Waals surface area contributed by atoms with Crippen molar-refractivity contribution in [3.05, 3.63) is 48.2 Å². The van der Waals surface area contributed by atoms with E-state index < -0.39 is 6.04 Å². The van der Waals surface area contributed by atoms with Crippen LogP contribution < -0.4 is 20.1 Å². The van der Waals surface area contributed by atoms with Crippen LogP contribution in [0.5, 0.6) is 11.5 Å². The van der Waals surface area contributed by atoms with Crippen molar-refractivity contribution in [2.24, 2.45) is 5.92 Å². The van der Waals surface area contributed by atoms with Gasteiger partial charge in [0, 0.05) is 13.1 Å². The van der Waals surface area contributed by atoms with Gasteiger partial charge in [-0.2, -0.15) is 0 Å². The minimum absolute atomic E-state index is 0.0740. The molecule has 0 aliphatic heterocycles. The van der Waals surface area contributed by atoms with E-state index in [4.69, 9.17) is 9.47 Å². The molecule has 1 aliphatic rings. The number of hydrogen-bond acceptors (Lipinski definition) is 5. The first-order valence-electron chi connectivity index (χ1n) is 10.8. The predicted octanol–water partition coefficient (Wildman–Crippen LogP) is 4.26. The quantitative estimate of drug-likeness (QED) is 0.627. The lowest BCUT2D eigenvalue weighted by molar-refractivity contribution is -0.120. The van der Waals surface area contributed by atoms with Gasteiger partial charge in [0.2, 0.25) is 11.8 Å². The summed E-state index contributed by atoms with van der Waals surface area (Å²) in [6.07, 6.45) is 7.86. The zero-order valence-electron chi connectivity index (χ0n) is 18.2. The molecular formula is C24H31N3O4. The SMILES string of the molecule is COc1ccc(C(CC(=O)Nc2ncccc2OCC2CCCCC2)NC(C)=O)cc1. The number of pyridine rings is 1. The van der Waals surface area contributed by atoms with Crippen molar-refractivity contribution in [3.63, 3.8) is 0 Å². The molecule has 7 nitrogen and oxygen atoms in total. The fourth-order valence-corrected chi connectivity index (χ4v) is 3.86. The highest BCUT2D eigenvalue weighted by molar-refractivity contribution is 5.92. The molecular weight excluding hydrogens is 394 g/mol. The molecule has 1 aromatic heterocycles. The van der Waals surface area contributed by atoms with Crippen LogP contribution in [-0.4, -0.2) is 30.5 Å². The Hall–Kier alpha value is -3.09. The van der Waals surface area contributed by atoms with Crippen molar-refractivity contribution < 1.29 is 19.1 Å². The van der Waals surface area contributed by atoms with E-state index in [9.17, 15) is 9.59 Å². The fraction of sp³-hybridized carbons (Fsp3) is 0.458. The number of carbonyl (C=O) groups excluding carboxylic acids is 2. The first-order valence-corrected chi connectivity index (χ1v) is 10.8. The number of anilines is 1. The van der Waals surface area contributed by atoms with Gasteiger partial charge in [-0.1, -0.05) is 31.4 Å². The highest BCUT2D eigenvalue weighted by Crippen LogP contribution is 2.27. The molecule has 1 saturated carbocycles. The van der Waals surface area contributed by atoms with Crippen molar-refractivity contribution in [2.45, 2.75) is 51.5 Å². The molecule has 0 spiro atoms. The topological polar surface area (TPSA) is 89.6 Å². The van der Waals surface area contributed by atoms with Gasteiger partial charge in [0.1, 0.15) is 5.75 Å². The Kier molecular flexibility index (Phi) is 8.27. The van der Waals surface area contributed by atoms with E-state index in [1.165, 1.54) is 39.0 Å². The maximum atomic E-state index is 12.8. The molecule has 1 atom stereocenters. The van der Waals surface area contributed by atoms with Crippen LogP contribution in [0.15, 0.2) is 42.6 Å². The van der Waals surface area contributed by atoms with Crippen LogP contribution in [0.25, 0.3) is 0 Å². The molecule has 3 rings (SSSR count). The standard InChI is InChI=1S/C24H31N3O4/c1-17(28)26-21(19-10-12-20(30-2)13-11-19)15-23(29)27-24-22(9-6-14-25-24)31-16-18-7-4-3-5-8-18/h6,9-14,18,21H,3-5,7-8,15-16H2,1-2H3,(H,26,28)(H,25,27,29). The summed E-state index contributed by atoms with van der Waals surface area (Å²) < 4.78 is 11.2. The van der Waals surface area contributed by atoms with Gasteiger partial charge in [0.05, 0.1) is 26.2 Å². The molecule has 0 saturated heterocycles. The number of aromatic nitrogens is 1.